The van der Waals surface area contributed by atoms with Gasteiger partial charge in [0.25, 0.3) is 5.91 Å². The molecule has 0 aliphatic heterocycles. The van der Waals surface area contributed by atoms with Gasteiger partial charge in [-0.25, -0.2) is 0 Å². The van der Waals surface area contributed by atoms with Crippen molar-refractivity contribution in [2.45, 2.75) is 213 Å². The van der Waals surface area contributed by atoms with E-state index >= 15 is 0 Å². The van der Waals surface area contributed by atoms with Crippen molar-refractivity contribution in [2.24, 2.45) is 11.5 Å². The number of nitrogens with two attached hydrogens (primary N) is 2. The Morgan fingerprint density at radius 2 is 0.966 bits per heavy atom. The zero-order valence-electron chi connectivity index (χ0n) is 37.7. The van der Waals surface area contributed by atoms with Gasteiger partial charge in [0.1, 0.15) is 0 Å². The lowest BCUT2D eigenvalue weighted by Crippen LogP contribution is -2.43. The van der Waals surface area contributed by atoms with Gasteiger partial charge in [0.2, 0.25) is 5.91 Å². The maximum absolute atomic E-state index is 13.0. The molecule has 58 heavy (non-hydrogen) atoms. The molecule has 6 N–H and O–H groups in total. The average Bonchev–Trinajstić information content (AvgIpc) is 3.23. The van der Waals surface area contributed by atoms with E-state index in [4.69, 9.17) is 20.9 Å². The van der Waals surface area contributed by atoms with Crippen molar-refractivity contribution >= 4 is 11.8 Å². The van der Waals surface area contributed by atoms with E-state index in [2.05, 4.69) is 48.8 Å². The third-order valence-corrected chi connectivity index (χ3v) is 10.8. The fraction of sp³-hybridized carbons (Fsp3) is 0.760. The van der Waals surface area contributed by atoms with Crippen LogP contribution in [0.1, 0.15) is 217 Å². The number of hydrogen-bond acceptors (Lipinski definition) is 6. The smallest absolute Gasteiger partial charge is 0.251 e. The zero-order chi connectivity index (χ0) is 42.0. The predicted molar refractivity (Wildman–Crippen MR) is 248 cm³/mol. The quantitative estimate of drug-likeness (QED) is 0.0384. The van der Waals surface area contributed by atoms with Gasteiger partial charge >= 0.3 is 0 Å². The van der Waals surface area contributed by atoms with Crippen LogP contribution < -0.4 is 31.6 Å². The minimum Gasteiger partial charge on any atom is -0.490 e. The summed E-state index contributed by atoms with van der Waals surface area (Å²) < 4.78 is 12.5. The normalized spacial score (nSPS) is 12.1. The molecule has 8 nitrogen and oxygen atoms in total. The summed E-state index contributed by atoms with van der Waals surface area (Å²) in [7, 11) is 0. The van der Waals surface area contributed by atoms with Crippen molar-refractivity contribution in [2.75, 3.05) is 32.8 Å². The molecule has 0 bridgehead atoms. The van der Waals surface area contributed by atoms with Crippen LogP contribution in [0.5, 0.6) is 11.5 Å². The van der Waals surface area contributed by atoms with Crippen molar-refractivity contribution in [3.8, 4) is 11.5 Å². The number of amides is 2. The maximum Gasteiger partial charge on any atom is 0.251 e. The lowest BCUT2D eigenvalue weighted by atomic mass is 10.1. The van der Waals surface area contributed by atoms with E-state index in [0.29, 0.717) is 62.8 Å². The van der Waals surface area contributed by atoms with E-state index in [1.807, 2.05) is 6.07 Å². The number of nitrogens with one attached hydrogen (secondary N) is 2. The third-order valence-electron chi connectivity index (χ3n) is 10.8. The molecule has 1 rings (SSSR count). The van der Waals surface area contributed by atoms with Crippen molar-refractivity contribution in [1.82, 2.24) is 10.6 Å². The Hall–Kier alpha value is -2.84. The molecule has 0 radical (unpaired) electrons. The van der Waals surface area contributed by atoms with Crippen LogP contribution in [0.25, 0.3) is 0 Å². The highest BCUT2D eigenvalue weighted by molar-refractivity contribution is 5.95. The molecule has 0 saturated carbocycles. The molecule has 0 fully saturated rings. The number of carbonyl (C=O) groups is 2. The van der Waals surface area contributed by atoms with Gasteiger partial charge in [-0.3, -0.25) is 9.59 Å². The Morgan fingerprint density at radius 3 is 1.43 bits per heavy atom. The van der Waals surface area contributed by atoms with E-state index in [0.717, 1.165) is 25.7 Å². The van der Waals surface area contributed by atoms with Gasteiger partial charge in [-0.1, -0.05) is 154 Å². The molecule has 1 atom stereocenters. The van der Waals surface area contributed by atoms with E-state index in [9.17, 15) is 9.59 Å². The minimum absolute atomic E-state index is 0.219. The zero-order valence-corrected chi connectivity index (χ0v) is 37.7. The SMILES string of the molecule is CCCCCCCC/C=C\CCCCCCCCOc1ccc(C(=O)NCCNC(=O)[C@@H](N)CCCN)cc1OCCCCCCCC/C=C\CCCCCCCC. The molecule has 0 aromatic heterocycles. The van der Waals surface area contributed by atoms with Crippen LogP contribution in [-0.4, -0.2) is 50.7 Å². The molecule has 1 aromatic rings. The first-order valence-corrected chi connectivity index (χ1v) is 24.2. The lowest BCUT2D eigenvalue weighted by molar-refractivity contribution is -0.122. The van der Waals surface area contributed by atoms with Crippen molar-refractivity contribution < 1.29 is 19.1 Å². The van der Waals surface area contributed by atoms with Crippen LogP contribution in [0.2, 0.25) is 0 Å². The van der Waals surface area contributed by atoms with Crippen LogP contribution in [0.3, 0.4) is 0 Å². The largest absolute Gasteiger partial charge is 0.490 e. The summed E-state index contributed by atoms with van der Waals surface area (Å²) in [5, 5.41) is 5.68. The number of ether oxygens (including phenoxy) is 2. The fourth-order valence-electron chi connectivity index (χ4n) is 7.01. The highest BCUT2D eigenvalue weighted by Crippen LogP contribution is 2.29. The summed E-state index contributed by atoms with van der Waals surface area (Å²) in [6, 6.07) is 4.83. The Balaban J connectivity index is 2.41. The maximum atomic E-state index is 13.0. The fourth-order valence-corrected chi connectivity index (χ4v) is 7.01. The van der Waals surface area contributed by atoms with Gasteiger partial charge in [0, 0.05) is 18.7 Å². The van der Waals surface area contributed by atoms with Crippen LogP contribution in [0, 0.1) is 0 Å². The standard InChI is InChI=1S/C50H90N4O4/c1-3-5-7-9-11-13-15-17-19-21-23-25-27-29-31-33-42-57-47-38-37-45(49(55)53-40-41-54-50(56)46(52)36-35-39-51)44-48(47)58-43-34-32-30-28-26-24-22-20-18-16-14-12-10-8-6-4-2/h17-20,37-38,44,46H,3-16,21-36,39-43,51-52H2,1-2H3,(H,53,55)(H,54,56)/b19-17-,20-18-/t46-/m0/s1. The molecule has 8 heteroatoms. The molecule has 0 aliphatic rings. The molecular formula is C50H90N4O4. The van der Waals surface area contributed by atoms with Gasteiger partial charge in [0.05, 0.1) is 19.3 Å². The number of unbranched alkanes of at least 4 members (excludes halogenated alkanes) is 24. The topological polar surface area (TPSA) is 129 Å². The van der Waals surface area contributed by atoms with Crippen LogP contribution in [0.4, 0.5) is 0 Å². The molecule has 0 unspecified atom stereocenters. The van der Waals surface area contributed by atoms with Crippen molar-refractivity contribution in [3.05, 3.63) is 48.1 Å². The number of carbonyl (C=O) groups excluding carboxylic acids is 2. The summed E-state index contributed by atoms with van der Waals surface area (Å²) in [6.45, 7) is 6.87. The number of rotatable bonds is 42. The van der Waals surface area contributed by atoms with Crippen molar-refractivity contribution in [3.63, 3.8) is 0 Å². The molecule has 0 aliphatic carbocycles. The highest BCUT2D eigenvalue weighted by atomic mass is 16.5. The third kappa shape index (κ3) is 32.1. The van der Waals surface area contributed by atoms with Crippen LogP contribution >= 0.6 is 0 Å². The minimum atomic E-state index is -0.588. The molecular weight excluding hydrogens is 721 g/mol. The average molecular weight is 811 g/mol. The van der Waals surface area contributed by atoms with E-state index in [1.165, 1.54) is 154 Å². The second-order valence-electron chi connectivity index (χ2n) is 16.3. The second kappa shape index (κ2) is 40.9. The van der Waals surface area contributed by atoms with Crippen LogP contribution in [0.15, 0.2) is 42.5 Å². The predicted octanol–water partition coefficient (Wildman–Crippen LogP) is 12.4. The summed E-state index contributed by atoms with van der Waals surface area (Å²) in [6.07, 6.45) is 46.3. The van der Waals surface area contributed by atoms with Gasteiger partial charge < -0.3 is 31.6 Å². The number of hydrogen-bond donors (Lipinski definition) is 4. The first-order valence-electron chi connectivity index (χ1n) is 24.2. The number of allylic oxidation sites excluding steroid dienone is 4. The lowest BCUT2D eigenvalue weighted by Gasteiger charge is -2.15. The first kappa shape index (κ1) is 53.2. The van der Waals surface area contributed by atoms with Crippen molar-refractivity contribution in [1.29, 1.82) is 0 Å². The molecule has 334 valence electrons. The van der Waals surface area contributed by atoms with Gasteiger partial charge in [-0.15, -0.1) is 0 Å². The molecule has 0 heterocycles. The van der Waals surface area contributed by atoms with E-state index < -0.39 is 6.04 Å². The van der Waals surface area contributed by atoms with E-state index in [-0.39, 0.29) is 11.8 Å². The van der Waals surface area contributed by atoms with Gasteiger partial charge in [-0.2, -0.15) is 0 Å². The highest BCUT2D eigenvalue weighted by Gasteiger charge is 2.14. The van der Waals surface area contributed by atoms with Gasteiger partial charge in [0.15, 0.2) is 11.5 Å². The molecule has 1 aromatic carbocycles. The number of benzene rings is 1. The molecule has 0 spiro atoms. The molecule has 2 amide bonds. The second-order valence-corrected chi connectivity index (χ2v) is 16.3. The Bertz CT molecular complexity index is 1160. The van der Waals surface area contributed by atoms with E-state index in [1.54, 1.807) is 12.1 Å². The van der Waals surface area contributed by atoms with Crippen LogP contribution in [-0.2, 0) is 4.79 Å². The van der Waals surface area contributed by atoms with Gasteiger partial charge in [-0.05, 0) is 102 Å². The summed E-state index contributed by atoms with van der Waals surface area (Å²) in [5.74, 6) is 0.855. The summed E-state index contributed by atoms with van der Waals surface area (Å²) >= 11 is 0. The molecule has 0 saturated heterocycles. The Morgan fingerprint density at radius 1 is 0.552 bits per heavy atom. The Kier molecular flexibility index (Phi) is 37.5. The Labute approximate surface area is 356 Å². The first-order chi connectivity index (χ1) is 28.5. The monoisotopic (exact) mass is 811 g/mol. The summed E-state index contributed by atoms with van der Waals surface area (Å²) in [4.78, 5) is 25.2. The summed E-state index contributed by atoms with van der Waals surface area (Å²) in [5.41, 5.74) is 11.9.